The molecule has 2 aromatic rings. The summed E-state index contributed by atoms with van der Waals surface area (Å²) >= 11 is 3.38. The molecule has 0 aromatic heterocycles. The smallest absolute Gasteiger partial charge is 0.405 e. The molecular weight excluding hydrogens is 669 g/mol. The van der Waals surface area contributed by atoms with E-state index in [9.17, 15) is 0 Å². The Morgan fingerprint density at radius 2 is 0.812 bits per heavy atom. The van der Waals surface area contributed by atoms with E-state index >= 15 is 0 Å². The molecule has 0 amide bonds. The fourth-order valence-corrected chi connectivity index (χ4v) is 5.55. The van der Waals surface area contributed by atoms with Gasteiger partial charge in [-0.3, -0.25) is 0 Å². The third-order valence-electron chi connectivity index (χ3n) is 10.7. The van der Waals surface area contributed by atoms with Gasteiger partial charge in [-0.2, -0.15) is 0 Å². The summed E-state index contributed by atoms with van der Waals surface area (Å²) in [6.07, 6.45) is 0. The second kappa shape index (κ2) is 13.9. The molecule has 0 unspecified atom stereocenters. The lowest BCUT2D eigenvalue weighted by Crippen LogP contribution is -2.41. The second-order valence-corrected chi connectivity index (χ2v) is 16.7. The van der Waals surface area contributed by atoms with Crippen LogP contribution in [0, 0.1) is 40.8 Å². The van der Waals surface area contributed by atoms with Gasteiger partial charge < -0.3 is 27.9 Å². The summed E-state index contributed by atoms with van der Waals surface area (Å²) in [7, 11) is -1.35. The van der Waals surface area contributed by atoms with E-state index in [4.69, 9.17) is 41.1 Å². The average Bonchev–Trinajstić information content (AvgIpc) is 3.41. The van der Waals surface area contributed by atoms with Gasteiger partial charge in [0.15, 0.2) is 11.4 Å². The molecule has 0 aliphatic carbocycles. The summed E-state index contributed by atoms with van der Waals surface area (Å²) in [6, 6.07) is 7.88. The Hall–Kier alpha value is -2.15. The van der Waals surface area contributed by atoms with Crippen LogP contribution in [-0.4, -0.2) is 54.7 Å². The average molecular weight is 721 g/mol. The molecule has 0 bridgehead atoms. The molecule has 3 heterocycles. The van der Waals surface area contributed by atoms with Crippen LogP contribution in [0.25, 0.3) is 9.69 Å². The van der Waals surface area contributed by atoms with Crippen molar-refractivity contribution >= 4 is 53.9 Å². The molecule has 12 heteroatoms. The Bertz CT molecular complexity index is 1530. The number of benzene rings is 2. The molecule has 3 aliphatic heterocycles. The highest BCUT2D eigenvalue weighted by molar-refractivity contribution is 9.10. The molecule has 0 radical (unpaired) electrons. The Balaban J connectivity index is 0.000000203. The van der Waals surface area contributed by atoms with E-state index in [1.807, 2.05) is 135 Å². The number of halogens is 1. The van der Waals surface area contributed by atoms with Crippen LogP contribution >= 0.6 is 15.9 Å². The van der Waals surface area contributed by atoms with E-state index in [0.717, 1.165) is 37.9 Å². The van der Waals surface area contributed by atoms with E-state index in [2.05, 4.69) is 25.6 Å². The van der Waals surface area contributed by atoms with Crippen molar-refractivity contribution in [3.05, 3.63) is 73.8 Å². The summed E-state index contributed by atoms with van der Waals surface area (Å²) in [5, 5.41) is 0. The van der Waals surface area contributed by atoms with Gasteiger partial charge in [-0.1, -0.05) is 34.1 Å². The summed E-state index contributed by atoms with van der Waals surface area (Å²) in [6.45, 7) is 46.4. The van der Waals surface area contributed by atoms with Crippen molar-refractivity contribution in [3.8, 4) is 0 Å². The van der Waals surface area contributed by atoms with Gasteiger partial charge in [-0.05, 0) is 145 Å². The third-order valence-corrected chi connectivity index (χ3v) is 11.6. The van der Waals surface area contributed by atoms with Crippen LogP contribution in [0.5, 0.6) is 0 Å². The molecular formula is C36H52B3BrN2O6. The van der Waals surface area contributed by atoms with E-state index in [1.54, 1.807) is 0 Å². The molecule has 0 atom stereocenters. The monoisotopic (exact) mass is 720 g/mol. The zero-order chi connectivity index (χ0) is 36.8. The predicted molar refractivity (Wildman–Crippen MR) is 200 cm³/mol. The molecule has 0 N–H and O–H groups in total. The molecule has 3 saturated heterocycles. The number of rotatable bonds is 2. The van der Waals surface area contributed by atoms with Gasteiger partial charge in [-0.25, -0.2) is 9.69 Å². The zero-order valence-corrected chi connectivity index (χ0v) is 33.3. The fourth-order valence-electron chi connectivity index (χ4n) is 5.23. The summed E-state index contributed by atoms with van der Waals surface area (Å²) in [5.41, 5.74) is 4.29. The molecule has 5 rings (SSSR count). The minimum Gasteiger partial charge on any atom is -0.405 e. The number of nitrogens with zero attached hydrogens (tertiary/aromatic N) is 2. The Morgan fingerprint density at radius 3 is 1.15 bits per heavy atom. The lowest BCUT2D eigenvalue weighted by molar-refractivity contribution is 0.00578. The first-order valence-corrected chi connectivity index (χ1v) is 17.2. The second-order valence-electron chi connectivity index (χ2n) is 15.8. The van der Waals surface area contributed by atoms with Gasteiger partial charge in [0.1, 0.15) is 0 Å². The predicted octanol–water partition coefficient (Wildman–Crippen LogP) is 9.02. The highest BCUT2D eigenvalue weighted by Crippen LogP contribution is 2.43. The van der Waals surface area contributed by atoms with Gasteiger partial charge in [-0.15, -0.1) is 0 Å². The van der Waals surface area contributed by atoms with Gasteiger partial charge in [0, 0.05) is 4.47 Å². The lowest BCUT2D eigenvalue weighted by atomic mass is 9.49. The van der Waals surface area contributed by atoms with Crippen molar-refractivity contribution < 1.29 is 27.9 Å². The Morgan fingerprint density at radius 1 is 0.500 bits per heavy atom. The van der Waals surface area contributed by atoms with Crippen LogP contribution in [0.15, 0.2) is 28.7 Å². The van der Waals surface area contributed by atoms with E-state index in [1.165, 1.54) is 0 Å². The van der Waals surface area contributed by atoms with Gasteiger partial charge in [0.2, 0.25) is 0 Å². The van der Waals surface area contributed by atoms with Gasteiger partial charge in [0.05, 0.1) is 46.8 Å². The van der Waals surface area contributed by atoms with Crippen LogP contribution in [0.4, 0.5) is 11.4 Å². The largest absolute Gasteiger partial charge is 0.493 e. The van der Waals surface area contributed by atoms with Crippen LogP contribution in [0.2, 0.25) is 0 Å². The van der Waals surface area contributed by atoms with Crippen LogP contribution in [0.1, 0.15) is 105 Å². The highest BCUT2D eigenvalue weighted by atomic mass is 79.9. The van der Waals surface area contributed by atoms with Gasteiger partial charge >= 0.3 is 21.1 Å². The topological polar surface area (TPSA) is 64.1 Å². The van der Waals surface area contributed by atoms with E-state index < -0.39 is 21.1 Å². The molecule has 0 saturated carbocycles. The van der Waals surface area contributed by atoms with Crippen molar-refractivity contribution in [2.24, 2.45) is 0 Å². The van der Waals surface area contributed by atoms with Gasteiger partial charge in [0.25, 0.3) is 0 Å². The maximum atomic E-state index is 7.29. The SMILES string of the molecule is CC1(C)OB(B2OC(C)(C)C(C)(C)O2)OC1(C)C.[C-]#[N+]c1c(C)ccc(B2OC(C)(C)C(C)(C)O2)c1C.[C-]#[N+]c1c(C)ccc(Br)c1C. The molecule has 0 spiro atoms. The highest BCUT2D eigenvalue weighted by Gasteiger charge is 2.63. The van der Waals surface area contributed by atoms with Crippen LogP contribution < -0.4 is 5.46 Å². The Kier molecular flexibility index (Phi) is 11.6. The maximum absolute atomic E-state index is 7.29. The first-order chi connectivity index (χ1) is 21.7. The van der Waals surface area contributed by atoms with Crippen molar-refractivity contribution in [2.75, 3.05) is 0 Å². The van der Waals surface area contributed by atoms with Crippen LogP contribution in [-0.2, 0) is 27.9 Å². The minimum absolute atomic E-state index is 0.354. The normalized spacial score (nSPS) is 22.2. The number of hydrogen-bond donors (Lipinski definition) is 0. The standard InChI is InChI=1S/C15H20BNO2.C12H24B2O4.C9H8BrN/c1-10-8-9-12(11(2)13(10)17-7)16-18-14(3,4)15(5,6)19-16;1-9(2)10(3,4)16-13(15-9)14-17-11(5,6)12(7,8)18-14;1-6-4-5-8(10)7(2)9(6)11-3/h8-9H,1-6H3;1-8H3;4-5H,1-2H3. The first-order valence-electron chi connectivity index (χ1n) is 16.4. The van der Waals surface area contributed by atoms with Crippen LogP contribution in [0.3, 0.4) is 0 Å². The summed E-state index contributed by atoms with van der Waals surface area (Å²) in [5.74, 6) is 0. The Labute approximate surface area is 299 Å². The van der Waals surface area contributed by atoms with Crippen molar-refractivity contribution in [3.63, 3.8) is 0 Å². The molecule has 3 aliphatic rings. The summed E-state index contributed by atoms with van der Waals surface area (Å²) < 4.78 is 36.9. The third kappa shape index (κ3) is 7.92. The van der Waals surface area contributed by atoms with E-state index in [0.29, 0.717) is 5.69 Å². The molecule has 2 aromatic carbocycles. The molecule has 258 valence electrons. The lowest BCUT2D eigenvalue weighted by Gasteiger charge is -2.32. The zero-order valence-electron chi connectivity index (χ0n) is 31.8. The fraction of sp³-hybridized carbons (Fsp3) is 0.611. The molecule has 3 fully saturated rings. The van der Waals surface area contributed by atoms with Crippen molar-refractivity contribution in [1.29, 1.82) is 0 Å². The molecule has 48 heavy (non-hydrogen) atoms. The maximum Gasteiger partial charge on any atom is 0.493 e. The quantitative estimate of drug-likeness (QED) is 0.228. The van der Waals surface area contributed by atoms with E-state index in [-0.39, 0.29) is 33.6 Å². The van der Waals surface area contributed by atoms with Crippen molar-refractivity contribution in [1.82, 2.24) is 0 Å². The first kappa shape index (κ1) is 40.3. The number of hydrogen-bond acceptors (Lipinski definition) is 6. The summed E-state index contributed by atoms with van der Waals surface area (Å²) in [4.78, 5) is 7.06. The minimum atomic E-state index is -0.476. The number of aryl methyl sites for hydroxylation is 2. The molecule has 8 nitrogen and oxygen atoms in total. The van der Waals surface area contributed by atoms with Crippen molar-refractivity contribution in [2.45, 2.75) is 144 Å².